The molecule has 1 heterocycles. The smallest absolute Gasteiger partial charge is 0.253 e. The molecule has 0 atom stereocenters. The van der Waals surface area contributed by atoms with Gasteiger partial charge in [-0.15, -0.1) is 12.4 Å². The van der Waals surface area contributed by atoms with Crippen LogP contribution in [-0.2, 0) is 10.0 Å². The Balaban J connectivity index is 0.00000280. The Kier molecular flexibility index (Phi) is 7.73. The number of nitrogens with zero attached hydrogens (tertiary/aromatic N) is 2. The maximum Gasteiger partial charge on any atom is 0.253 e. The first-order chi connectivity index (χ1) is 12.8. The summed E-state index contributed by atoms with van der Waals surface area (Å²) in [5.74, 6) is 0.956. The molecule has 1 aliphatic carbocycles. The summed E-state index contributed by atoms with van der Waals surface area (Å²) in [6, 6.07) is 5.07. The van der Waals surface area contributed by atoms with Gasteiger partial charge in [0.05, 0.1) is 7.11 Å². The summed E-state index contributed by atoms with van der Waals surface area (Å²) in [4.78, 5) is 14.7. The second kappa shape index (κ2) is 9.43. The molecule has 1 amide bonds. The van der Waals surface area contributed by atoms with E-state index in [4.69, 9.17) is 4.74 Å². The van der Waals surface area contributed by atoms with Crippen molar-refractivity contribution in [2.24, 2.45) is 5.92 Å². The monoisotopic (exact) mass is 431 g/mol. The number of sulfonamides is 1. The molecule has 3 rings (SSSR count). The lowest BCUT2D eigenvalue weighted by atomic mass is 10.0. The zero-order chi connectivity index (χ0) is 19.6. The van der Waals surface area contributed by atoms with Gasteiger partial charge in [0.15, 0.2) is 0 Å². The predicted molar refractivity (Wildman–Crippen MR) is 111 cm³/mol. The Hall–Kier alpha value is -1.35. The van der Waals surface area contributed by atoms with Crippen LogP contribution < -0.4 is 10.1 Å². The van der Waals surface area contributed by atoms with Gasteiger partial charge in [0.1, 0.15) is 10.6 Å². The minimum absolute atomic E-state index is 0. The van der Waals surface area contributed by atoms with Gasteiger partial charge in [0.2, 0.25) is 10.0 Å². The van der Waals surface area contributed by atoms with E-state index in [1.54, 1.807) is 12.1 Å². The van der Waals surface area contributed by atoms with Crippen molar-refractivity contribution in [3.8, 4) is 5.75 Å². The van der Waals surface area contributed by atoms with Crippen molar-refractivity contribution in [3.63, 3.8) is 0 Å². The summed E-state index contributed by atoms with van der Waals surface area (Å²) in [6.45, 7) is 2.45. The maximum atomic E-state index is 12.9. The summed E-state index contributed by atoms with van der Waals surface area (Å²) in [7, 11) is 0.646. The van der Waals surface area contributed by atoms with Crippen molar-refractivity contribution in [2.45, 2.75) is 36.6 Å². The summed E-state index contributed by atoms with van der Waals surface area (Å²) in [6.07, 6.45) is 4.52. The zero-order valence-electron chi connectivity index (χ0n) is 16.7. The molecular formula is C19H30ClN3O4S. The molecule has 0 aromatic heterocycles. The van der Waals surface area contributed by atoms with Gasteiger partial charge in [-0.3, -0.25) is 4.79 Å². The van der Waals surface area contributed by atoms with Crippen LogP contribution in [0, 0.1) is 5.92 Å². The van der Waals surface area contributed by atoms with Gasteiger partial charge in [-0.1, -0.05) is 0 Å². The number of halogens is 1. The van der Waals surface area contributed by atoms with Gasteiger partial charge < -0.3 is 15.0 Å². The molecule has 1 aromatic carbocycles. The number of methoxy groups -OCH3 is 1. The van der Waals surface area contributed by atoms with Crippen LogP contribution in [0.25, 0.3) is 0 Å². The fourth-order valence-corrected chi connectivity index (χ4v) is 4.41. The van der Waals surface area contributed by atoms with Gasteiger partial charge in [-0.05, 0) is 56.3 Å². The van der Waals surface area contributed by atoms with E-state index in [1.165, 1.54) is 40.1 Å². The Bertz CT molecular complexity index is 788. The molecule has 0 bridgehead atoms. The first kappa shape index (κ1) is 22.9. The highest BCUT2D eigenvalue weighted by Gasteiger charge is 2.28. The van der Waals surface area contributed by atoms with E-state index < -0.39 is 10.0 Å². The molecule has 28 heavy (non-hydrogen) atoms. The first-order valence-corrected chi connectivity index (χ1v) is 10.9. The second-order valence-electron chi connectivity index (χ2n) is 7.57. The van der Waals surface area contributed by atoms with E-state index >= 15 is 0 Å². The molecule has 1 aliphatic heterocycles. The highest BCUT2D eigenvalue weighted by molar-refractivity contribution is 7.89. The maximum absolute atomic E-state index is 12.9. The van der Waals surface area contributed by atoms with Crippen molar-refractivity contribution in [2.75, 3.05) is 40.8 Å². The van der Waals surface area contributed by atoms with Gasteiger partial charge in [-0.25, -0.2) is 12.7 Å². The summed E-state index contributed by atoms with van der Waals surface area (Å²) in [5.41, 5.74) is 0.376. The number of rotatable bonds is 7. The van der Waals surface area contributed by atoms with Crippen LogP contribution in [0.5, 0.6) is 5.75 Å². The number of likely N-dealkylation sites (tertiary alicyclic amines) is 1. The van der Waals surface area contributed by atoms with Crippen LogP contribution in [0.3, 0.4) is 0 Å². The highest BCUT2D eigenvalue weighted by Crippen LogP contribution is 2.29. The van der Waals surface area contributed by atoms with Crippen LogP contribution in [0.15, 0.2) is 23.1 Å². The van der Waals surface area contributed by atoms with Gasteiger partial charge in [0, 0.05) is 38.8 Å². The van der Waals surface area contributed by atoms with E-state index in [0.717, 1.165) is 29.6 Å². The Morgan fingerprint density at radius 1 is 1.21 bits per heavy atom. The third kappa shape index (κ3) is 5.17. The third-order valence-corrected chi connectivity index (χ3v) is 7.18. The fourth-order valence-electron chi connectivity index (χ4n) is 3.33. The predicted octanol–water partition coefficient (Wildman–Crippen LogP) is 1.97. The van der Waals surface area contributed by atoms with E-state index in [2.05, 4.69) is 5.32 Å². The normalized spacial score (nSPS) is 18.1. The molecule has 158 valence electrons. The first-order valence-electron chi connectivity index (χ1n) is 9.46. The van der Waals surface area contributed by atoms with Crippen molar-refractivity contribution in [3.05, 3.63) is 23.8 Å². The number of ether oxygens (including phenoxy) is 1. The molecular weight excluding hydrogens is 402 g/mol. The topological polar surface area (TPSA) is 79.0 Å². The molecule has 1 saturated carbocycles. The van der Waals surface area contributed by atoms with Crippen LogP contribution in [0.2, 0.25) is 0 Å². The molecule has 0 radical (unpaired) electrons. The minimum Gasteiger partial charge on any atom is -0.495 e. The largest absolute Gasteiger partial charge is 0.495 e. The van der Waals surface area contributed by atoms with E-state index in [9.17, 15) is 13.2 Å². The summed E-state index contributed by atoms with van der Waals surface area (Å²) in [5, 5.41) is 3.60. The Morgan fingerprint density at radius 2 is 1.86 bits per heavy atom. The third-order valence-electron chi connectivity index (χ3n) is 5.34. The van der Waals surface area contributed by atoms with Crippen molar-refractivity contribution in [1.82, 2.24) is 14.5 Å². The van der Waals surface area contributed by atoms with E-state index in [1.807, 2.05) is 4.90 Å². The number of hydrogen-bond donors (Lipinski definition) is 1. The van der Waals surface area contributed by atoms with Crippen LogP contribution in [0.4, 0.5) is 0 Å². The molecule has 1 aromatic rings. The number of amides is 1. The van der Waals surface area contributed by atoms with Crippen LogP contribution >= 0.6 is 12.4 Å². The molecule has 0 unspecified atom stereocenters. The molecule has 2 fully saturated rings. The second-order valence-corrected chi connectivity index (χ2v) is 9.69. The lowest BCUT2D eigenvalue weighted by Gasteiger charge is -2.32. The minimum atomic E-state index is -3.70. The van der Waals surface area contributed by atoms with E-state index in [-0.39, 0.29) is 29.0 Å². The average molecular weight is 432 g/mol. The quantitative estimate of drug-likeness (QED) is 0.714. The van der Waals surface area contributed by atoms with E-state index in [0.29, 0.717) is 24.7 Å². The lowest BCUT2D eigenvalue weighted by molar-refractivity contribution is 0.0704. The number of carbonyl (C=O) groups is 1. The van der Waals surface area contributed by atoms with Crippen LogP contribution in [0.1, 0.15) is 36.0 Å². The van der Waals surface area contributed by atoms with Crippen LogP contribution in [-0.4, -0.2) is 70.4 Å². The fraction of sp³-hybridized carbons (Fsp3) is 0.632. The lowest BCUT2D eigenvalue weighted by Crippen LogP contribution is -2.45. The number of nitrogens with one attached hydrogen (secondary N) is 1. The Labute approximate surface area is 173 Å². The summed E-state index contributed by atoms with van der Waals surface area (Å²) < 4.78 is 31.4. The molecule has 2 aliphatic rings. The molecule has 1 saturated heterocycles. The zero-order valence-corrected chi connectivity index (χ0v) is 18.3. The average Bonchev–Trinajstić information content (AvgIpc) is 3.50. The highest BCUT2D eigenvalue weighted by atomic mass is 35.5. The van der Waals surface area contributed by atoms with Crippen molar-refractivity contribution in [1.29, 1.82) is 0 Å². The van der Waals surface area contributed by atoms with Crippen molar-refractivity contribution < 1.29 is 17.9 Å². The molecule has 9 heteroatoms. The molecule has 1 N–H and O–H groups in total. The standard InChI is InChI=1S/C19H29N3O4S.ClH/c1-21(2)27(24,25)18-12-15(6-7-17(18)26-3)19(23)22-10-8-16(9-11-22)20-13-14-4-5-14;/h6-7,12,14,16,20H,4-5,8-11,13H2,1-3H3;1H. The number of carbonyl (C=O) groups excluding carboxylic acids is 1. The molecule has 0 spiro atoms. The van der Waals surface area contributed by atoms with Gasteiger partial charge in [-0.2, -0.15) is 0 Å². The molecule has 7 nitrogen and oxygen atoms in total. The Morgan fingerprint density at radius 3 is 2.39 bits per heavy atom. The van der Waals surface area contributed by atoms with Gasteiger partial charge >= 0.3 is 0 Å². The summed E-state index contributed by atoms with van der Waals surface area (Å²) >= 11 is 0. The number of hydrogen-bond acceptors (Lipinski definition) is 5. The van der Waals surface area contributed by atoms with Gasteiger partial charge in [0.25, 0.3) is 5.91 Å². The SMILES string of the molecule is COc1ccc(C(=O)N2CCC(NCC3CC3)CC2)cc1S(=O)(=O)N(C)C.Cl. The van der Waals surface area contributed by atoms with Crippen molar-refractivity contribution >= 4 is 28.3 Å². The number of piperidine rings is 1. The number of benzene rings is 1.